The van der Waals surface area contributed by atoms with Gasteiger partial charge < -0.3 is 29.3 Å². The average Bonchev–Trinajstić information content (AvgIpc) is 2.76. The maximum Gasteiger partial charge on any atom is 0.236 e. The van der Waals surface area contributed by atoms with Gasteiger partial charge in [-0.2, -0.15) is 0 Å². The third-order valence-corrected chi connectivity index (χ3v) is 6.01. The number of amides is 1. The fraction of sp³-hybridized carbons (Fsp3) is 0.895. The number of methoxy groups -OCH3 is 1. The number of nitrogens with zero attached hydrogens (tertiary/aromatic N) is 4. The van der Waals surface area contributed by atoms with Crippen molar-refractivity contribution in [2.24, 2.45) is 4.99 Å². The van der Waals surface area contributed by atoms with Crippen molar-refractivity contribution in [3.8, 4) is 0 Å². The van der Waals surface area contributed by atoms with Gasteiger partial charge in [-0.1, -0.05) is 0 Å². The van der Waals surface area contributed by atoms with Crippen molar-refractivity contribution in [1.82, 2.24) is 20.0 Å². The van der Waals surface area contributed by atoms with Gasteiger partial charge >= 0.3 is 0 Å². The maximum absolute atomic E-state index is 12.4. The monoisotopic (exact) mass is 397 g/mol. The summed E-state index contributed by atoms with van der Waals surface area (Å²) in [5.41, 5.74) is -0.180. The largest absolute Gasteiger partial charge is 0.381 e. The molecule has 0 saturated carbocycles. The van der Waals surface area contributed by atoms with Crippen molar-refractivity contribution in [3.05, 3.63) is 0 Å². The van der Waals surface area contributed by atoms with Crippen LogP contribution >= 0.6 is 0 Å². The highest BCUT2D eigenvalue weighted by Crippen LogP contribution is 2.23. The van der Waals surface area contributed by atoms with Crippen molar-refractivity contribution in [2.45, 2.75) is 18.4 Å². The van der Waals surface area contributed by atoms with Crippen LogP contribution in [0.4, 0.5) is 0 Å². The lowest BCUT2D eigenvalue weighted by molar-refractivity contribution is -0.136. The molecule has 9 nitrogen and oxygen atoms in total. The topological polar surface area (TPSA) is 78.9 Å². The lowest BCUT2D eigenvalue weighted by atomic mass is 9.94. The number of ether oxygens (including phenoxy) is 3. The second-order valence-corrected chi connectivity index (χ2v) is 7.66. The molecule has 0 unspecified atom stereocenters. The minimum atomic E-state index is -0.180. The summed E-state index contributed by atoms with van der Waals surface area (Å²) in [5.74, 6) is 1.11. The quantitative estimate of drug-likeness (QED) is 0.482. The highest BCUT2D eigenvalue weighted by atomic mass is 16.5. The minimum absolute atomic E-state index is 0.180. The van der Waals surface area contributed by atoms with Gasteiger partial charge in [0.15, 0.2) is 5.96 Å². The molecule has 0 aromatic heterocycles. The van der Waals surface area contributed by atoms with E-state index in [2.05, 4.69) is 20.1 Å². The first-order valence-electron chi connectivity index (χ1n) is 10.3. The first kappa shape index (κ1) is 21.3. The van der Waals surface area contributed by atoms with Gasteiger partial charge in [-0.15, -0.1) is 0 Å². The lowest BCUT2D eigenvalue weighted by Crippen LogP contribution is -2.57. The molecule has 9 heteroatoms. The number of rotatable bonds is 5. The number of morpholine rings is 1. The molecule has 3 rings (SSSR count). The van der Waals surface area contributed by atoms with E-state index in [4.69, 9.17) is 14.2 Å². The SMILES string of the molecule is CN=C(NCC1(OC)CCOCC1)N1CCN(CC(=O)N2CCOCC2)CC1. The number of hydrogen-bond donors (Lipinski definition) is 1. The molecule has 0 aromatic rings. The number of aliphatic imine (C=N–C) groups is 1. The van der Waals surface area contributed by atoms with Crippen LogP contribution in [0.25, 0.3) is 0 Å². The van der Waals surface area contributed by atoms with Gasteiger partial charge in [-0.25, -0.2) is 0 Å². The van der Waals surface area contributed by atoms with E-state index in [0.29, 0.717) is 32.8 Å². The molecule has 0 radical (unpaired) electrons. The summed E-state index contributed by atoms with van der Waals surface area (Å²) in [7, 11) is 3.60. The van der Waals surface area contributed by atoms with Crippen molar-refractivity contribution in [2.75, 3.05) is 92.9 Å². The van der Waals surface area contributed by atoms with Crippen molar-refractivity contribution >= 4 is 11.9 Å². The molecule has 1 N–H and O–H groups in total. The summed E-state index contributed by atoms with van der Waals surface area (Å²) in [6.45, 7) is 8.87. The third-order valence-electron chi connectivity index (χ3n) is 6.01. The van der Waals surface area contributed by atoms with Gasteiger partial charge in [0.05, 0.1) is 25.4 Å². The number of guanidine groups is 1. The van der Waals surface area contributed by atoms with Crippen LogP contribution < -0.4 is 5.32 Å². The summed E-state index contributed by atoms with van der Waals surface area (Å²) in [4.78, 5) is 23.3. The molecule has 0 bridgehead atoms. The average molecular weight is 398 g/mol. The van der Waals surface area contributed by atoms with Gasteiger partial charge in [0.2, 0.25) is 5.91 Å². The molecule has 3 aliphatic heterocycles. The predicted octanol–water partition coefficient (Wildman–Crippen LogP) is -0.766. The van der Waals surface area contributed by atoms with E-state index in [1.54, 1.807) is 7.11 Å². The first-order chi connectivity index (χ1) is 13.7. The molecular formula is C19H35N5O4. The number of carbonyl (C=O) groups excluding carboxylic acids is 1. The predicted molar refractivity (Wildman–Crippen MR) is 107 cm³/mol. The zero-order valence-electron chi connectivity index (χ0n) is 17.3. The second kappa shape index (κ2) is 10.4. The summed E-state index contributed by atoms with van der Waals surface area (Å²) < 4.78 is 16.6. The highest BCUT2D eigenvalue weighted by Gasteiger charge is 2.33. The molecule has 0 spiro atoms. The van der Waals surface area contributed by atoms with E-state index in [1.807, 2.05) is 11.9 Å². The molecule has 0 aromatic carbocycles. The number of carbonyl (C=O) groups is 1. The fourth-order valence-corrected chi connectivity index (χ4v) is 3.99. The molecule has 160 valence electrons. The molecule has 1 amide bonds. The van der Waals surface area contributed by atoms with E-state index in [-0.39, 0.29) is 11.5 Å². The summed E-state index contributed by atoms with van der Waals surface area (Å²) >= 11 is 0. The van der Waals surface area contributed by atoms with E-state index in [0.717, 1.165) is 64.7 Å². The Morgan fingerprint density at radius 1 is 1.00 bits per heavy atom. The summed E-state index contributed by atoms with van der Waals surface area (Å²) in [6, 6.07) is 0. The van der Waals surface area contributed by atoms with Crippen LogP contribution in [0.5, 0.6) is 0 Å². The molecule has 28 heavy (non-hydrogen) atoms. The van der Waals surface area contributed by atoms with Gasteiger partial charge in [0, 0.05) is 86.0 Å². The van der Waals surface area contributed by atoms with Crippen LogP contribution in [0.3, 0.4) is 0 Å². The van der Waals surface area contributed by atoms with Crippen LogP contribution in [-0.2, 0) is 19.0 Å². The van der Waals surface area contributed by atoms with Crippen molar-refractivity contribution < 1.29 is 19.0 Å². The third kappa shape index (κ3) is 5.56. The second-order valence-electron chi connectivity index (χ2n) is 7.66. The molecule has 0 atom stereocenters. The number of hydrogen-bond acceptors (Lipinski definition) is 6. The maximum atomic E-state index is 12.4. The summed E-state index contributed by atoms with van der Waals surface area (Å²) in [6.07, 6.45) is 1.79. The Balaban J connectivity index is 1.43. The molecular weight excluding hydrogens is 362 g/mol. The van der Waals surface area contributed by atoms with E-state index >= 15 is 0 Å². The summed E-state index contributed by atoms with van der Waals surface area (Å²) in [5, 5.41) is 3.50. The number of piperazine rings is 1. The Bertz CT molecular complexity index is 524. The van der Waals surface area contributed by atoms with E-state index in [1.165, 1.54) is 0 Å². The Kier molecular flexibility index (Phi) is 7.90. The lowest BCUT2D eigenvalue weighted by Gasteiger charge is -2.40. The standard InChI is InChI=1S/C19H35N5O4/c1-20-18(21-16-19(26-2)3-11-27-12-4-19)24-7-5-22(6-8-24)15-17(25)23-9-13-28-14-10-23/h3-16H2,1-2H3,(H,20,21). The normalized spacial score (nSPS) is 24.3. The van der Waals surface area contributed by atoms with Gasteiger partial charge in [0.25, 0.3) is 0 Å². The Morgan fingerprint density at radius 3 is 2.25 bits per heavy atom. The van der Waals surface area contributed by atoms with Crippen molar-refractivity contribution in [3.63, 3.8) is 0 Å². The smallest absolute Gasteiger partial charge is 0.236 e. The van der Waals surface area contributed by atoms with E-state index in [9.17, 15) is 4.79 Å². The van der Waals surface area contributed by atoms with Gasteiger partial charge in [0.1, 0.15) is 0 Å². The fourth-order valence-electron chi connectivity index (χ4n) is 3.99. The van der Waals surface area contributed by atoms with Crippen LogP contribution in [-0.4, -0.2) is 125 Å². The van der Waals surface area contributed by atoms with Crippen molar-refractivity contribution in [1.29, 1.82) is 0 Å². The molecule has 3 aliphatic rings. The minimum Gasteiger partial charge on any atom is -0.381 e. The van der Waals surface area contributed by atoms with Crippen LogP contribution in [0.2, 0.25) is 0 Å². The Labute approximate surface area is 168 Å². The van der Waals surface area contributed by atoms with Gasteiger partial charge in [-0.05, 0) is 0 Å². The Hall–Kier alpha value is -1.42. The highest BCUT2D eigenvalue weighted by molar-refractivity contribution is 5.80. The molecule has 3 saturated heterocycles. The van der Waals surface area contributed by atoms with E-state index < -0.39 is 0 Å². The van der Waals surface area contributed by atoms with Crippen LogP contribution in [0.15, 0.2) is 4.99 Å². The zero-order valence-corrected chi connectivity index (χ0v) is 17.3. The molecule has 3 heterocycles. The molecule has 3 fully saturated rings. The van der Waals surface area contributed by atoms with Crippen LogP contribution in [0, 0.1) is 0 Å². The van der Waals surface area contributed by atoms with Crippen LogP contribution in [0.1, 0.15) is 12.8 Å². The number of nitrogens with one attached hydrogen (secondary N) is 1. The first-order valence-corrected chi connectivity index (χ1v) is 10.3. The van der Waals surface area contributed by atoms with Gasteiger partial charge in [-0.3, -0.25) is 14.7 Å². The molecule has 0 aliphatic carbocycles. The Morgan fingerprint density at radius 2 is 1.64 bits per heavy atom. The zero-order chi connectivity index (χ0) is 19.8.